The lowest BCUT2D eigenvalue weighted by atomic mass is 10.3. The zero-order valence-electron chi connectivity index (χ0n) is 14.0. The molecule has 0 aliphatic rings. The van der Waals surface area contributed by atoms with E-state index < -0.39 is 10.8 Å². The summed E-state index contributed by atoms with van der Waals surface area (Å²) in [5.41, 5.74) is 0.731. The highest BCUT2D eigenvalue weighted by atomic mass is 32.1. The van der Waals surface area contributed by atoms with E-state index in [1.165, 1.54) is 29.5 Å². The van der Waals surface area contributed by atoms with Gasteiger partial charge >= 0.3 is 5.69 Å². The van der Waals surface area contributed by atoms with Crippen molar-refractivity contribution in [3.8, 4) is 5.75 Å². The summed E-state index contributed by atoms with van der Waals surface area (Å²) < 4.78 is 10.9. The number of nitro benzene ring substituents is 1. The summed E-state index contributed by atoms with van der Waals surface area (Å²) in [7, 11) is 0. The molecule has 2 heterocycles. The van der Waals surface area contributed by atoms with E-state index in [0.717, 1.165) is 10.6 Å². The average molecular weight is 373 g/mol. The largest absolute Gasteiger partial charge is 0.479 e. The Labute approximate surface area is 152 Å². The van der Waals surface area contributed by atoms with E-state index in [-0.39, 0.29) is 23.8 Å². The van der Waals surface area contributed by atoms with Gasteiger partial charge in [0.05, 0.1) is 10.6 Å². The van der Waals surface area contributed by atoms with Crippen molar-refractivity contribution in [2.45, 2.75) is 20.5 Å². The maximum Gasteiger partial charge on any atom is 0.310 e. The number of carbonyl (C=O) groups excluding carboxylic acids is 1. The molecule has 1 amide bonds. The number of rotatable bonds is 6. The molecule has 0 bridgehead atoms. The van der Waals surface area contributed by atoms with Crippen molar-refractivity contribution in [2.75, 3.05) is 5.32 Å². The number of aromatic nitrogens is 1. The third-order valence-electron chi connectivity index (χ3n) is 3.57. The third-order valence-corrected chi connectivity index (χ3v) is 4.55. The number of thiazole rings is 1. The minimum absolute atomic E-state index is 0.0341. The van der Waals surface area contributed by atoms with Gasteiger partial charge in [0, 0.05) is 10.9 Å². The molecule has 3 aromatic rings. The lowest BCUT2D eigenvalue weighted by Crippen LogP contribution is -2.10. The number of hydrogen-bond acceptors (Lipinski definition) is 7. The van der Waals surface area contributed by atoms with Crippen molar-refractivity contribution in [1.82, 2.24) is 4.98 Å². The Morgan fingerprint density at radius 1 is 1.31 bits per heavy atom. The molecule has 0 atom stereocenters. The van der Waals surface area contributed by atoms with Crippen LogP contribution in [0.15, 0.2) is 40.8 Å². The molecule has 0 radical (unpaired) electrons. The van der Waals surface area contributed by atoms with Gasteiger partial charge in [-0.25, -0.2) is 4.98 Å². The molecule has 1 N–H and O–H groups in total. The summed E-state index contributed by atoms with van der Waals surface area (Å²) in [6.07, 6.45) is 0. The van der Waals surface area contributed by atoms with E-state index in [4.69, 9.17) is 9.15 Å². The van der Waals surface area contributed by atoms with E-state index in [2.05, 4.69) is 10.3 Å². The van der Waals surface area contributed by atoms with E-state index >= 15 is 0 Å². The first-order valence-corrected chi connectivity index (χ1v) is 8.46. The lowest BCUT2D eigenvalue weighted by molar-refractivity contribution is -0.386. The number of amides is 1. The minimum atomic E-state index is -0.519. The summed E-state index contributed by atoms with van der Waals surface area (Å²) in [6.45, 7) is 3.76. The second kappa shape index (κ2) is 7.36. The van der Waals surface area contributed by atoms with Crippen LogP contribution < -0.4 is 10.1 Å². The van der Waals surface area contributed by atoms with Gasteiger partial charge in [-0.15, -0.1) is 11.3 Å². The minimum Gasteiger partial charge on any atom is -0.479 e. The second-order valence-electron chi connectivity index (χ2n) is 5.39. The number of aryl methyl sites for hydroxylation is 2. The van der Waals surface area contributed by atoms with Crippen LogP contribution in [0.25, 0.3) is 0 Å². The van der Waals surface area contributed by atoms with Crippen molar-refractivity contribution in [3.63, 3.8) is 0 Å². The quantitative estimate of drug-likeness (QED) is 0.515. The number of ether oxygens (including phenoxy) is 1. The van der Waals surface area contributed by atoms with Crippen LogP contribution in [-0.4, -0.2) is 15.8 Å². The molecule has 1 aromatic carbocycles. The van der Waals surface area contributed by atoms with E-state index in [1.54, 1.807) is 18.2 Å². The van der Waals surface area contributed by atoms with Crippen LogP contribution in [-0.2, 0) is 6.61 Å². The predicted molar refractivity (Wildman–Crippen MR) is 95.7 cm³/mol. The smallest absolute Gasteiger partial charge is 0.310 e. The SMILES string of the molecule is Cc1nc(NC(=O)c2ccc(COc3ccccc3[N+](=O)[O-])o2)sc1C. The van der Waals surface area contributed by atoms with Gasteiger partial charge in [-0.2, -0.15) is 0 Å². The normalized spacial score (nSPS) is 10.5. The molecule has 0 aliphatic heterocycles. The van der Waals surface area contributed by atoms with Gasteiger partial charge in [-0.3, -0.25) is 20.2 Å². The van der Waals surface area contributed by atoms with Crippen LogP contribution in [0, 0.1) is 24.0 Å². The van der Waals surface area contributed by atoms with Crippen LogP contribution in [0.5, 0.6) is 5.75 Å². The Balaban J connectivity index is 1.64. The molecule has 8 nitrogen and oxygen atoms in total. The fraction of sp³-hybridized carbons (Fsp3) is 0.176. The number of nitrogens with zero attached hydrogens (tertiary/aromatic N) is 2. The van der Waals surface area contributed by atoms with E-state index in [9.17, 15) is 14.9 Å². The molecule has 26 heavy (non-hydrogen) atoms. The van der Waals surface area contributed by atoms with Crippen LogP contribution in [0.2, 0.25) is 0 Å². The van der Waals surface area contributed by atoms with Crippen molar-refractivity contribution in [3.05, 3.63) is 68.6 Å². The van der Waals surface area contributed by atoms with Gasteiger partial charge in [-0.1, -0.05) is 12.1 Å². The first-order valence-electron chi connectivity index (χ1n) is 7.64. The molecule has 0 aliphatic carbocycles. The summed E-state index contributed by atoms with van der Waals surface area (Å²) in [5.74, 6) is 0.195. The molecule has 0 unspecified atom stereocenters. The molecular formula is C17H15N3O5S. The van der Waals surface area contributed by atoms with Gasteiger partial charge in [0.15, 0.2) is 16.6 Å². The molecule has 0 spiro atoms. The molecular weight excluding hydrogens is 358 g/mol. The zero-order valence-corrected chi connectivity index (χ0v) is 14.8. The Kier molecular flexibility index (Phi) is 4.99. The number of benzene rings is 1. The highest BCUT2D eigenvalue weighted by Gasteiger charge is 2.16. The fourth-order valence-corrected chi connectivity index (χ4v) is 2.95. The number of furan rings is 1. The predicted octanol–water partition coefficient (Wildman–Crippen LogP) is 4.09. The van der Waals surface area contributed by atoms with E-state index in [0.29, 0.717) is 10.9 Å². The molecule has 0 saturated carbocycles. The van der Waals surface area contributed by atoms with E-state index in [1.807, 2.05) is 13.8 Å². The van der Waals surface area contributed by atoms with Crippen LogP contribution in [0.1, 0.15) is 26.9 Å². The standard InChI is InChI=1S/C17H15N3O5S/c1-10-11(2)26-17(18-10)19-16(21)15-8-7-12(25-15)9-24-14-6-4-3-5-13(14)20(22)23/h3-8H,9H2,1-2H3,(H,18,19,21). The first kappa shape index (κ1) is 17.6. The van der Waals surface area contributed by atoms with Gasteiger partial charge < -0.3 is 9.15 Å². The first-order chi connectivity index (χ1) is 12.4. The summed E-state index contributed by atoms with van der Waals surface area (Å²) in [5, 5.41) is 14.1. The maximum atomic E-state index is 12.2. The number of carbonyl (C=O) groups is 1. The number of nitrogens with one attached hydrogen (secondary N) is 1. The highest BCUT2D eigenvalue weighted by molar-refractivity contribution is 7.15. The van der Waals surface area contributed by atoms with Gasteiger partial charge in [0.1, 0.15) is 12.4 Å². The Morgan fingerprint density at radius 2 is 2.08 bits per heavy atom. The topological polar surface area (TPSA) is 108 Å². The molecule has 9 heteroatoms. The maximum absolute atomic E-state index is 12.2. The lowest BCUT2D eigenvalue weighted by Gasteiger charge is -2.04. The molecule has 0 fully saturated rings. The summed E-state index contributed by atoms with van der Waals surface area (Å²) in [4.78, 5) is 27.9. The average Bonchev–Trinajstić information content (AvgIpc) is 3.20. The van der Waals surface area contributed by atoms with Crippen LogP contribution >= 0.6 is 11.3 Å². The molecule has 3 rings (SSSR count). The Bertz CT molecular complexity index is 943. The molecule has 0 saturated heterocycles. The molecule has 2 aromatic heterocycles. The summed E-state index contributed by atoms with van der Waals surface area (Å²) >= 11 is 1.38. The number of para-hydroxylation sites is 2. The zero-order chi connectivity index (χ0) is 18.7. The molecule has 134 valence electrons. The van der Waals surface area contributed by atoms with Gasteiger partial charge in [0.25, 0.3) is 5.91 Å². The van der Waals surface area contributed by atoms with Crippen molar-refractivity contribution >= 4 is 28.1 Å². The monoisotopic (exact) mass is 373 g/mol. The fourth-order valence-electron chi connectivity index (χ4n) is 2.14. The van der Waals surface area contributed by atoms with Crippen molar-refractivity contribution < 1.29 is 18.9 Å². The Morgan fingerprint density at radius 3 is 2.77 bits per heavy atom. The summed E-state index contributed by atoms with van der Waals surface area (Å²) in [6, 6.07) is 9.16. The second-order valence-corrected chi connectivity index (χ2v) is 6.60. The highest BCUT2D eigenvalue weighted by Crippen LogP contribution is 2.27. The number of hydrogen-bond donors (Lipinski definition) is 1. The third kappa shape index (κ3) is 3.89. The number of anilines is 1. The van der Waals surface area contributed by atoms with Gasteiger partial charge in [-0.05, 0) is 32.0 Å². The van der Waals surface area contributed by atoms with Crippen molar-refractivity contribution in [1.29, 1.82) is 0 Å². The van der Waals surface area contributed by atoms with Gasteiger partial charge in [0.2, 0.25) is 0 Å². The van der Waals surface area contributed by atoms with Crippen LogP contribution in [0.4, 0.5) is 10.8 Å². The van der Waals surface area contributed by atoms with Crippen molar-refractivity contribution in [2.24, 2.45) is 0 Å². The number of nitro groups is 1. The van der Waals surface area contributed by atoms with Crippen LogP contribution in [0.3, 0.4) is 0 Å². The Hall–Kier alpha value is -3.20.